The van der Waals surface area contributed by atoms with Gasteiger partial charge in [0.2, 0.25) is 5.91 Å². The predicted molar refractivity (Wildman–Crippen MR) is 121 cm³/mol. The van der Waals surface area contributed by atoms with Crippen LogP contribution in [-0.2, 0) is 16.0 Å². The molecule has 1 fully saturated rings. The van der Waals surface area contributed by atoms with Gasteiger partial charge in [0.15, 0.2) is 0 Å². The van der Waals surface area contributed by atoms with Gasteiger partial charge in [0.05, 0.1) is 4.91 Å². The van der Waals surface area contributed by atoms with Crippen molar-refractivity contribution in [1.82, 2.24) is 4.90 Å². The molecule has 0 unspecified atom stereocenters. The summed E-state index contributed by atoms with van der Waals surface area (Å²) in [6, 6.07) is 21.1. The van der Waals surface area contributed by atoms with Crippen molar-refractivity contribution in [2.45, 2.75) is 13.3 Å². The number of nitrogens with zero attached hydrogens (tertiary/aromatic N) is 1. The van der Waals surface area contributed by atoms with Crippen LogP contribution in [0.4, 0.5) is 10.5 Å². The van der Waals surface area contributed by atoms with Crippen LogP contribution in [0, 0.1) is 0 Å². The molecule has 0 spiro atoms. The van der Waals surface area contributed by atoms with Gasteiger partial charge >= 0.3 is 0 Å². The quantitative estimate of drug-likeness (QED) is 0.589. The van der Waals surface area contributed by atoms with E-state index in [1.165, 1.54) is 5.56 Å². The second-order valence-electron chi connectivity index (χ2n) is 6.94. The molecule has 0 aromatic heterocycles. The van der Waals surface area contributed by atoms with Gasteiger partial charge in [-0.15, -0.1) is 0 Å². The molecule has 0 bridgehead atoms. The van der Waals surface area contributed by atoms with E-state index in [-0.39, 0.29) is 6.54 Å². The third-order valence-corrected chi connectivity index (χ3v) is 5.83. The molecule has 150 valence electrons. The van der Waals surface area contributed by atoms with Gasteiger partial charge in [0.1, 0.15) is 6.54 Å². The lowest BCUT2D eigenvalue weighted by atomic mass is 10.1. The molecule has 1 N–H and O–H groups in total. The molecule has 6 heteroatoms. The molecule has 1 aliphatic rings. The number of thioether (sulfide) groups is 1. The van der Waals surface area contributed by atoms with Crippen molar-refractivity contribution in [3.63, 3.8) is 0 Å². The highest BCUT2D eigenvalue weighted by atomic mass is 32.2. The fraction of sp³-hybridized carbons (Fsp3) is 0.125. The minimum atomic E-state index is -0.447. The van der Waals surface area contributed by atoms with Gasteiger partial charge in [-0.2, -0.15) is 0 Å². The molecule has 3 aromatic rings. The van der Waals surface area contributed by atoms with Crippen LogP contribution in [0.3, 0.4) is 0 Å². The zero-order valence-electron chi connectivity index (χ0n) is 16.4. The fourth-order valence-corrected chi connectivity index (χ4v) is 4.14. The number of carbonyl (C=O) groups is 3. The summed E-state index contributed by atoms with van der Waals surface area (Å²) in [7, 11) is 0. The summed E-state index contributed by atoms with van der Waals surface area (Å²) in [5, 5.41) is 4.28. The largest absolute Gasteiger partial charge is 0.324 e. The van der Waals surface area contributed by atoms with Crippen LogP contribution < -0.4 is 5.32 Å². The Bertz CT molecular complexity index is 1160. The van der Waals surface area contributed by atoms with Gasteiger partial charge in [-0.25, -0.2) is 0 Å². The van der Waals surface area contributed by atoms with Gasteiger partial charge in [0.25, 0.3) is 11.1 Å². The Morgan fingerprint density at radius 1 is 1.00 bits per heavy atom. The van der Waals surface area contributed by atoms with Gasteiger partial charge in [-0.05, 0) is 46.8 Å². The number of anilines is 1. The molecular weight excluding hydrogens is 396 g/mol. The Hall–Kier alpha value is -3.38. The minimum Gasteiger partial charge on any atom is -0.324 e. The Morgan fingerprint density at radius 2 is 1.73 bits per heavy atom. The average molecular weight is 417 g/mol. The van der Waals surface area contributed by atoms with E-state index in [1.807, 2.05) is 60.7 Å². The van der Waals surface area contributed by atoms with Crippen molar-refractivity contribution >= 4 is 51.4 Å². The first-order valence-corrected chi connectivity index (χ1v) is 10.5. The maximum Gasteiger partial charge on any atom is 0.294 e. The Kier molecular flexibility index (Phi) is 5.68. The molecule has 30 heavy (non-hydrogen) atoms. The molecule has 0 atom stereocenters. The Labute approximate surface area is 178 Å². The van der Waals surface area contributed by atoms with Crippen LogP contribution in [0.25, 0.3) is 16.8 Å². The lowest BCUT2D eigenvalue weighted by Gasteiger charge is -2.13. The summed E-state index contributed by atoms with van der Waals surface area (Å²) in [5.41, 5.74) is 2.69. The number of benzene rings is 3. The van der Waals surface area contributed by atoms with Crippen LogP contribution in [-0.4, -0.2) is 28.5 Å². The van der Waals surface area contributed by atoms with Crippen molar-refractivity contribution in [2.75, 3.05) is 11.9 Å². The van der Waals surface area contributed by atoms with Crippen molar-refractivity contribution in [1.29, 1.82) is 0 Å². The van der Waals surface area contributed by atoms with Crippen molar-refractivity contribution in [3.05, 3.63) is 82.8 Å². The van der Waals surface area contributed by atoms with E-state index in [1.54, 1.807) is 12.1 Å². The monoisotopic (exact) mass is 416 g/mol. The summed E-state index contributed by atoms with van der Waals surface area (Å²) in [6.07, 6.45) is 2.62. The summed E-state index contributed by atoms with van der Waals surface area (Å²) in [6.45, 7) is 1.75. The molecule has 4 rings (SSSR count). The number of hydrogen-bond acceptors (Lipinski definition) is 4. The topological polar surface area (TPSA) is 66.5 Å². The van der Waals surface area contributed by atoms with E-state index >= 15 is 0 Å². The summed E-state index contributed by atoms with van der Waals surface area (Å²) in [4.78, 5) is 38.9. The van der Waals surface area contributed by atoms with Gasteiger partial charge in [-0.1, -0.05) is 67.6 Å². The van der Waals surface area contributed by atoms with Crippen molar-refractivity contribution in [3.8, 4) is 0 Å². The first kappa shape index (κ1) is 19.9. The normalized spacial score (nSPS) is 15.2. The summed E-state index contributed by atoms with van der Waals surface area (Å²) in [5.74, 6) is -0.861. The van der Waals surface area contributed by atoms with Gasteiger partial charge in [-0.3, -0.25) is 19.3 Å². The number of aryl methyl sites for hydroxylation is 1. The van der Waals surface area contributed by atoms with Crippen LogP contribution in [0.2, 0.25) is 0 Å². The summed E-state index contributed by atoms with van der Waals surface area (Å²) >= 11 is 0.856. The molecular formula is C24H20N2O3S. The van der Waals surface area contributed by atoms with E-state index in [0.717, 1.165) is 39.4 Å². The number of fused-ring (bicyclic) bond motifs is 1. The van der Waals surface area contributed by atoms with Crippen LogP contribution in [0.1, 0.15) is 18.1 Å². The lowest BCUT2D eigenvalue weighted by Crippen LogP contribution is -2.36. The Morgan fingerprint density at radius 3 is 2.50 bits per heavy atom. The number of rotatable bonds is 5. The molecule has 0 aliphatic carbocycles. The molecule has 1 saturated heterocycles. The van der Waals surface area contributed by atoms with Crippen LogP contribution in [0.15, 0.2) is 71.6 Å². The molecule has 1 aliphatic heterocycles. The average Bonchev–Trinajstić information content (AvgIpc) is 3.02. The third kappa shape index (κ3) is 4.14. The Balaban J connectivity index is 1.47. The smallest absolute Gasteiger partial charge is 0.294 e. The zero-order valence-corrected chi connectivity index (χ0v) is 17.2. The first-order chi connectivity index (χ1) is 14.5. The van der Waals surface area contributed by atoms with E-state index in [9.17, 15) is 14.4 Å². The lowest BCUT2D eigenvalue weighted by molar-refractivity contribution is -0.127. The number of imide groups is 1. The van der Waals surface area contributed by atoms with E-state index in [0.29, 0.717) is 10.6 Å². The van der Waals surface area contributed by atoms with E-state index in [2.05, 4.69) is 12.2 Å². The molecule has 1 heterocycles. The highest BCUT2D eigenvalue weighted by Crippen LogP contribution is 2.32. The van der Waals surface area contributed by atoms with Gasteiger partial charge < -0.3 is 5.32 Å². The molecule has 0 saturated carbocycles. The van der Waals surface area contributed by atoms with Crippen LogP contribution in [0.5, 0.6) is 0 Å². The number of carbonyl (C=O) groups excluding carboxylic acids is 3. The SMILES string of the molecule is CCc1ccc(/C=C2\SC(=O)N(CC(=O)Nc3cccc4ccccc34)C2=O)cc1. The number of hydrogen-bond donors (Lipinski definition) is 1. The van der Waals surface area contributed by atoms with Gasteiger partial charge in [0, 0.05) is 11.1 Å². The maximum atomic E-state index is 12.7. The molecule has 3 amide bonds. The highest BCUT2D eigenvalue weighted by molar-refractivity contribution is 8.18. The van der Waals surface area contributed by atoms with E-state index in [4.69, 9.17) is 0 Å². The van der Waals surface area contributed by atoms with Crippen molar-refractivity contribution in [2.24, 2.45) is 0 Å². The maximum absolute atomic E-state index is 12.7. The third-order valence-electron chi connectivity index (χ3n) is 4.92. The number of nitrogens with one attached hydrogen (secondary N) is 1. The second-order valence-corrected chi connectivity index (χ2v) is 7.93. The highest BCUT2D eigenvalue weighted by Gasteiger charge is 2.36. The van der Waals surface area contributed by atoms with E-state index < -0.39 is 17.1 Å². The molecule has 3 aromatic carbocycles. The molecule has 5 nitrogen and oxygen atoms in total. The van der Waals surface area contributed by atoms with Crippen molar-refractivity contribution < 1.29 is 14.4 Å². The molecule has 0 radical (unpaired) electrons. The second kappa shape index (κ2) is 8.55. The first-order valence-electron chi connectivity index (χ1n) is 9.67. The number of amides is 3. The fourth-order valence-electron chi connectivity index (χ4n) is 3.30. The van der Waals surface area contributed by atoms with Crippen LogP contribution >= 0.6 is 11.8 Å². The zero-order chi connectivity index (χ0) is 21.1. The predicted octanol–water partition coefficient (Wildman–Crippen LogP) is 5.08. The standard InChI is InChI=1S/C24H20N2O3S/c1-2-16-10-12-17(13-11-16)14-21-23(28)26(24(29)30-21)15-22(27)25-20-9-5-7-18-6-3-4-8-19(18)20/h3-14H,2,15H2,1H3,(H,25,27)/b21-14-. The minimum absolute atomic E-state index is 0.319. The summed E-state index contributed by atoms with van der Waals surface area (Å²) < 4.78 is 0.